The van der Waals surface area contributed by atoms with E-state index in [1.165, 1.54) is 0 Å². The Morgan fingerprint density at radius 1 is 1.15 bits per heavy atom. The number of anilines is 1. The van der Waals surface area contributed by atoms with Gasteiger partial charge in [0.05, 0.1) is 0 Å². The van der Waals surface area contributed by atoms with E-state index in [1.54, 1.807) is 0 Å². The van der Waals surface area contributed by atoms with Crippen LogP contribution in [0.1, 0.15) is 29.4 Å². The smallest absolute Gasteiger partial charge is 0.226 e. The van der Waals surface area contributed by atoms with Gasteiger partial charge in [-0.2, -0.15) is 10.1 Å². The van der Waals surface area contributed by atoms with Gasteiger partial charge in [0.1, 0.15) is 6.04 Å². The van der Waals surface area contributed by atoms with Gasteiger partial charge in [-0.05, 0) is 41.8 Å². The van der Waals surface area contributed by atoms with Gasteiger partial charge >= 0.3 is 0 Å². The summed E-state index contributed by atoms with van der Waals surface area (Å²) < 4.78 is 2.88. The Labute approximate surface area is 170 Å². The number of benzene rings is 2. The largest absolute Gasteiger partial charge is 0.396 e. The third-order valence-electron chi connectivity index (χ3n) is 4.45. The first-order valence-electron chi connectivity index (χ1n) is 8.71. The molecule has 0 amide bonds. The summed E-state index contributed by atoms with van der Waals surface area (Å²) in [5.41, 5.74) is 2.98. The Hall–Kier alpha value is -2.15. The quantitative estimate of drug-likeness (QED) is 0.599. The third kappa shape index (κ3) is 3.78. The molecule has 2 N–H and O–H groups in total. The first kappa shape index (κ1) is 18.2. The molecule has 5 nitrogen and oxygen atoms in total. The molecule has 0 bridgehead atoms. The summed E-state index contributed by atoms with van der Waals surface area (Å²) in [6.07, 6.45) is 3.37. The van der Waals surface area contributed by atoms with Crippen molar-refractivity contribution in [3.05, 3.63) is 81.1 Å². The summed E-state index contributed by atoms with van der Waals surface area (Å²) in [5, 5.41) is 17.8. The van der Waals surface area contributed by atoms with Gasteiger partial charge < -0.3 is 10.4 Å². The van der Waals surface area contributed by atoms with E-state index in [1.807, 2.05) is 53.2 Å². The molecule has 0 spiro atoms. The standard InChI is InChI=1S/C20H18BrClN4O/c21-14-9-7-13(8-10-14)17-12-18(15-4-1-2-5-16(15)22)26-20(23-17)24-19(25-26)6-3-11-27/h1-2,4-5,7-10,12,18,27H,3,6,11H2,(H,23,24,25). The molecule has 1 atom stereocenters. The molecule has 1 aromatic heterocycles. The van der Waals surface area contributed by atoms with Crippen LogP contribution in [0, 0.1) is 0 Å². The molecule has 0 saturated carbocycles. The van der Waals surface area contributed by atoms with Crippen molar-refractivity contribution in [3.8, 4) is 0 Å². The molecule has 1 aliphatic rings. The van der Waals surface area contributed by atoms with Crippen LogP contribution in [-0.2, 0) is 6.42 Å². The number of allylic oxidation sites excluding steroid dienone is 1. The fourth-order valence-corrected chi connectivity index (χ4v) is 3.63. The molecule has 27 heavy (non-hydrogen) atoms. The summed E-state index contributed by atoms with van der Waals surface area (Å²) in [6, 6.07) is 15.7. The molecule has 2 heterocycles. The molecule has 7 heteroatoms. The first-order valence-corrected chi connectivity index (χ1v) is 9.88. The van der Waals surface area contributed by atoms with Crippen molar-refractivity contribution < 1.29 is 5.11 Å². The lowest BCUT2D eigenvalue weighted by atomic mass is 10.0. The summed E-state index contributed by atoms with van der Waals surface area (Å²) in [4.78, 5) is 4.62. The minimum atomic E-state index is -0.163. The SMILES string of the molecule is OCCCc1nc2n(n1)C(c1ccccc1Cl)C=C(c1ccc(Br)cc1)N2. The topological polar surface area (TPSA) is 63.0 Å². The van der Waals surface area contributed by atoms with Crippen LogP contribution in [0.2, 0.25) is 5.02 Å². The van der Waals surface area contributed by atoms with Gasteiger partial charge in [0.15, 0.2) is 5.82 Å². The Bertz CT molecular complexity index is 984. The highest BCUT2D eigenvalue weighted by molar-refractivity contribution is 9.10. The van der Waals surface area contributed by atoms with Crippen LogP contribution in [-0.4, -0.2) is 26.5 Å². The molecule has 1 aliphatic heterocycles. The summed E-state index contributed by atoms with van der Waals surface area (Å²) in [7, 11) is 0. The predicted molar refractivity (Wildman–Crippen MR) is 111 cm³/mol. The first-order chi connectivity index (χ1) is 13.2. The third-order valence-corrected chi connectivity index (χ3v) is 5.32. The number of nitrogens with one attached hydrogen (secondary N) is 1. The van der Waals surface area contributed by atoms with Crippen LogP contribution in [0.25, 0.3) is 5.70 Å². The fourth-order valence-electron chi connectivity index (χ4n) is 3.11. The van der Waals surface area contributed by atoms with E-state index in [0.717, 1.165) is 21.3 Å². The Kier molecular flexibility index (Phi) is 5.29. The number of hydrogen-bond donors (Lipinski definition) is 2. The monoisotopic (exact) mass is 444 g/mol. The molecule has 4 rings (SSSR count). The molecular weight excluding hydrogens is 428 g/mol. The normalized spacial score (nSPS) is 15.8. The molecular formula is C20H18BrClN4O. The Morgan fingerprint density at radius 2 is 1.93 bits per heavy atom. The number of fused-ring (bicyclic) bond motifs is 1. The molecule has 0 fully saturated rings. The molecule has 0 radical (unpaired) electrons. The van der Waals surface area contributed by atoms with Crippen LogP contribution in [0.5, 0.6) is 0 Å². The molecule has 0 aliphatic carbocycles. The molecule has 0 saturated heterocycles. The summed E-state index contributed by atoms with van der Waals surface area (Å²) in [6.45, 7) is 0.119. The maximum atomic E-state index is 9.10. The van der Waals surface area contributed by atoms with Crippen LogP contribution in [0.3, 0.4) is 0 Å². The highest BCUT2D eigenvalue weighted by Crippen LogP contribution is 2.35. The van der Waals surface area contributed by atoms with Crippen molar-refractivity contribution in [2.24, 2.45) is 0 Å². The summed E-state index contributed by atoms with van der Waals surface area (Å²) in [5.74, 6) is 1.38. The second kappa shape index (κ2) is 7.84. The Morgan fingerprint density at radius 3 is 2.67 bits per heavy atom. The van der Waals surface area contributed by atoms with E-state index in [4.69, 9.17) is 16.7 Å². The number of aromatic nitrogens is 3. The number of nitrogens with zero attached hydrogens (tertiary/aromatic N) is 3. The van der Waals surface area contributed by atoms with E-state index in [2.05, 4.69) is 37.4 Å². The number of aliphatic hydroxyl groups excluding tert-OH is 1. The minimum absolute atomic E-state index is 0.119. The highest BCUT2D eigenvalue weighted by atomic mass is 79.9. The zero-order chi connectivity index (χ0) is 18.8. The van der Waals surface area contributed by atoms with Gasteiger partial charge in [-0.25, -0.2) is 4.68 Å². The van der Waals surface area contributed by atoms with Crippen molar-refractivity contribution >= 4 is 39.2 Å². The maximum absolute atomic E-state index is 9.10. The number of aryl methyl sites for hydroxylation is 1. The van der Waals surface area contributed by atoms with Crippen molar-refractivity contribution in [2.75, 3.05) is 11.9 Å². The minimum Gasteiger partial charge on any atom is -0.396 e. The van der Waals surface area contributed by atoms with E-state index >= 15 is 0 Å². The van der Waals surface area contributed by atoms with Crippen molar-refractivity contribution in [1.29, 1.82) is 0 Å². The van der Waals surface area contributed by atoms with Crippen molar-refractivity contribution in [3.63, 3.8) is 0 Å². The lowest BCUT2D eigenvalue weighted by Gasteiger charge is -2.25. The van der Waals surface area contributed by atoms with Gasteiger partial charge in [0, 0.05) is 28.2 Å². The predicted octanol–water partition coefficient (Wildman–Crippen LogP) is 4.67. The van der Waals surface area contributed by atoms with E-state index < -0.39 is 0 Å². The zero-order valence-electron chi connectivity index (χ0n) is 14.4. The molecule has 3 aromatic rings. The number of hydrogen-bond acceptors (Lipinski definition) is 4. The average Bonchev–Trinajstić information content (AvgIpc) is 3.09. The van der Waals surface area contributed by atoms with Gasteiger partial charge in [0.2, 0.25) is 5.95 Å². The van der Waals surface area contributed by atoms with E-state index in [9.17, 15) is 0 Å². The van der Waals surface area contributed by atoms with Crippen molar-refractivity contribution in [1.82, 2.24) is 14.8 Å². The van der Waals surface area contributed by atoms with Crippen LogP contribution in [0.4, 0.5) is 5.95 Å². The highest BCUT2D eigenvalue weighted by Gasteiger charge is 2.26. The average molecular weight is 446 g/mol. The van der Waals surface area contributed by atoms with Gasteiger partial charge in [-0.15, -0.1) is 0 Å². The fraction of sp³-hybridized carbons (Fsp3) is 0.200. The molecule has 2 aromatic carbocycles. The summed E-state index contributed by atoms with van der Waals surface area (Å²) >= 11 is 9.96. The van der Waals surface area contributed by atoms with Crippen LogP contribution < -0.4 is 5.32 Å². The number of halogens is 2. The lowest BCUT2D eigenvalue weighted by Crippen LogP contribution is -2.20. The maximum Gasteiger partial charge on any atom is 0.226 e. The molecule has 1 unspecified atom stereocenters. The van der Waals surface area contributed by atoms with Gasteiger partial charge in [-0.1, -0.05) is 57.9 Å². The van der Waals surface area contributed by atoms with Gasteiger partial charge in [0.25, 0.3) is 0 Å². The number of aliphatic hydroxyl groups is 1. The van der Waals surface area contributed by atoms with Crippen LogP contribution >= 0.6 is 27.5 Å². The number of rotatable bonds is 5. The van der Waals surface area contributed by atoms with Gasteiger partial charge in [-0.3, -0.25) is 0 Å². The van der Waals surface area contributed by atoms with Crippen LogP contribution in [0.15, 0.2) is 59.1 Å². The van der Waals surface area contributed by atoms with E-state index in [0.29, 0.717) is 29.6 Å². The zero-order valence-corrected chi connectivity index (χ0v) is 16.8. The van der Waals surface area contributed by atoms with E-state index in [-0.39, 0.29) is 12.6 Å². The van der Waals surface area contributed by atoms with Crippen molar-refractivity contribution in [2.45, 2.75) is 18.9 Å². The Balaban J connectivity index is 1.79. The lowest BCUT2D eigenvalue weighted by molar-refractivity contribution is 0.287. The second-order valence-electron chi connectivity index (χ2n) is 6.30. The second-order valence-corrected chi connectivity index (χ2v) is 7.62. The molecule has 138 valence electrons.